The van der Waals surface area contributed by atoms with Gasteiger partial charge in [-0.25, -0.2) is 0 Å². The number of nitrogens with two attached hydrogens (primary N) is 1. The van der Waals surface area contributed by atoms with Crippen LogP contribution in [0, 0.1) is 5.41 Å². The van der Waals surface area contributed by atoms with Crippen molar-refractivity contribution in [3.05, 3.63) is 58.7 Å². The molecule has 0 aliphatic heterocycles. The van der Waals surface area contributed by atoms with Gasteiger partial charge in [0.05, 0.1) is 6.10 Å². The van der Waals surface area contributed by atoms with E-state index < -0.39 is 0 Å². The van der Waals surface area contributed by atoms with E-state index in [1.165, 1.54) is 22.3 Å². The summed E-state index contributed by atoms with van der Waals surface area (Å²) >= 11 is 0. The first-order chi connectivity index (χ1) is 10.3. The fraction of sp³-hybridized carbons (Fsp3) is 0.500. The van der Waals surface area contributed by atoms with Crippen LogP contribution in [0.25, 0.3) is 0 Å². The molecule has 22 heavy (non-hydrogen) atoms. The third kappa shape index (κ3) is 5.78. The van der Waals surface area contributed by atoms with Crippen LogP contribution in [0.4, 0.5) is 0 Å². The summed E-state index contributed by atoms with van der Waals surface area (Å²) in [5, 5.41) is 9.93. The summed E-state index contributed by atoms with van der Waals surface area (Å²) < 4.78 is 0. The summed E-state index contributed by atoms with van der Waals surface area (Å²) in [5.74, 6) is 0. The lowest BCUT2D eigenvalue weighted by molar-refractivity contribution is 0.116. The highest BCUT2D eigenvalue weighted by atomic mass is 16.3. The minimum atomic E-state index is -0.205. The maximum Gasteiger partial charge on any atom is 0.0585 e. The van der Waals surface area contributed by atoms with Crippen LogP contribution >= 0.6 is 0 Å². The molecule has 0 spiro atoms. The van der Waals surface area contributed by atoms with Crippen molar-refractivity contribution in [3.8, 4) is 0 Å². The summed E-state index contributed by atoms with van der Waals surface area (Å²) in [5.41, 5.74) is 10.6. The molecule has 1 aliphatic rings. The van der Waals surface area contributed by atoms with Crippen molar-refractivity contribution in [1.82, 2.24) is 0 Å². The van der Waals surface area contributed by atoms with Crippen LogP contribution in [0.5, 0.6) is 0 Å². The molecule has 0 fully saturated rings. The molecule has 0 aromatic rings. The summed E-state index contributed by atoms with van der Waals surface area (Å²) in [6, 6.07) is 0. The maximum atomic E-state index is 9.93. The van der Waals surface area contributed by atoms with E-state index >= 15 is 0 Å². The zero-order valence-corrected chi connectivity index (χ0v) is 14.7. The molecule has 0 bridgehead atoms. The van der Waals surface area contributed by atoms with Crippen molar-refractivity contribution in [1.29, 1.82) is 0 Å². The lowest BCUT2D eigenvalue weighted by atomic mass is 9.71. The second-order valence-corrected chi connectivity index (χ2v) is 6.93. The van der Waals surface area contributed by atoms with Gasteiger partial charge >= 0.3 is 0 Å². The quantitative estimate of drug-likeness (QED) is 0.737. The Labute approximate surface area is 135 Å². The van der Waals surface area contributed by atoms with Crippen LogP contribution in [0.15, 0.2) is 58.7 Å². The first-order valence-electron chi connectivity index (χ1n) is 8.04. The van der Waals surface area contributed by atoms with Gasteiger partial charge in [0.2, 0.25) is 0 Å². The van der Waals surface area contributed by atoms with Gasteiger partial charge in [-0.3, -0.25) is 0 Å². The topological polar surface area (TPSA) is 46.2 Å². The second kappa shape index (κ2) is 8.30. The highest BCUT2D eigenvalue weighted by Gasteiger charge is 2.31. The van der Waals surface area contributed by atoms with E-state index in [0.717, 1.165) is 12.8 Å². The number of aliphatic hydroxyl groups excluding tert-OH is 1. The lowest BCUT2D eigenvalue weighted by Gasteiger charge is -2.35. The summed E-state index contributed by atoms with van der Waals surface area (Å²) in [7, 11) is 0. The Bertz CT molecular complexity index is 530. The first-order valence-corrected chi connectivity index (χ1v) is 8.04. The van der Waals surface area contributed by atoms with E-state index in [0.29, 0.717) is 6.54 Å². The van der Waals surface area contributed by atoms with Gasteiger partial charge in [0, 0.05) is 6.54 Å². The predicted octanol–water partition coefficient (Wildman–Crippen LogP) is 4.45. The number of hydrogen-bond donors (Lipinski definition) is 2. The van der Waals surface area contributed by atoms with Crippen molar-refractivity contribution in [2.45, 2.75) is 53.6 Å². The molecule has 0 aromatic carbocycles. The van der Waals surface area contributed by atoms with Gasteiger partial charge in [-0.05, 0) is 44.6 Å². The van der Waals surface area contributed by atoms with E-state index in [9.17, 15) is 5.11 Å². The maximum absolute atomic E-state index is 9.93. The number of allylic oxidation sites excluding steroid dienone is 8. The first kappa shape index (κ1) is 18.7. The predicted molar refractivity (Wildman–Crippen MR) is 96.6 cm³/mol. The number of hydrogen-bond acceptors (Lipinski definition) is 2. The highest BCUT2D eigenvalue weighted by Crippen LogP contribution is 2.40. The molecular weight excluding hydrogens is 270 g/mol. The van der Waals surface area contributed by atoms with Crippen LogP contribution in [-0.4, -0.2) is 17.8 Å². The Morgan fingerprint density at radius 1 is 1.27 bits per heavy atom. The fourth-order valence-electron chi connectivity index (χ4n) is 3.06. The van der Waals surface area contributed by atoms with Gasteiger partial charge in [-0.2, -0.15) is 0 Å². The van der Waals surface area contributed by atoms with Gasteiger partial charge in [-0.15, -0.1) is 0 Å². The normalized spacial score (nSPS) is 23.9. The van der Waals surface area contributed by atoms with Crippen LogP contribution < -0.4 is 5.73 Å². The van der Waals surface area contributed by atoms with Crippen LogP contribution in [0.1, 0.15) is 47.5 Å². The molecule has 122 valence electrons. The van der Waals surface area contributed by atoms with Crippen molar-refractivity contribution < 1.29 is 5.11 Å². The molecule has 1 unspecified atom stereocenters. The molecule has 3 N–H and O–H groups in total. The highest BCUT2D eigenvalue weighted by molar-refractivity contribution is 5.37. The van der Waals surface area contributed by atoms with Crippen LogP contribution in [-0.2, 0) is 0 Å². The standard InChI is InChI=1S/C20H31NO/c1-15(7-6-8-16(2)11-12-21)9-10-19-17(3)13-18(22)14-20(19,4)5/h6-11,18,22H,12-14,21H2,1-5H3/b8-6+,10-9+,15-7+,16-11+. The van der Waals surface area contributed by atoms with Gasteiger partial charge in [-0.1, -0.05) is 67.0 Å². The molecule has 0 amide bonds. The summed E-state index contributed by atoms with van der Waals surface area (Å²) in [6.45, 7) is 11.3. The third-order valence-electron chi connectivity index (χ3n) is 4.15. The zero-order valence-electron chi connectivity index (χ0n) is 14.7. The zero-order chi connectivity index (χ0) is 16.8. The van der Waals surface area contributed by atoms with Crippen molar-refractivity contribution >= 4 is 0 Å². The molecule has 2 heteroatoms. The Hall–Kier alpha value is -1.38. The molecule has 0 aromatic heterocycles. The Morgan fingerprint density at radius 3 is 2.55 bits per heavy atom. The van der Waals surface area contributed by atoms with E-state index in [2.05, 4.69) is 58.1 Å². The van der Waals surface area contributed by atoms with Gasteiger partial charge < -0.3 is 10.8 Å². The van der Waals surface area contributed by atoms with Gasteiger partial charge in [0.25, 0.3) is 0 Å². The minimum absolute atomic E-state index is 0.0365. The van der Waals surface area contributed by atoms with E-state index in [-0.39, 0.29) is 11.5 Å². The number of rotatable bonds is 5. The van der Waals surface area contributed by atoms with E-state index in [1.54, 1.807) is 0 Å². The number of aliphatic hydroxyl groups is 1. The van der Waals surface area contributed by atoms with Crippen molar-refractivity contribution in [2.75, 3.05) is 6.54 Å². The average Bonchev–Trinajstić information content (AvgIpc) is 2.36. The fourth-order valence-corrected chi connectivity index (χ4v) is 3.06. The molecule has 0 saturated heterocycles. The van der Waals surface area contributed by atoms with E-state index in [4.69, 9.17) is 5.73 Å². The molecule has 1 rings (SSSR count). The Kier molecular flexibility index (Phi) is 7.05. The average molecular weight is 301 g/mol. The Morgan fingerprint density at radius 2 is 1.95 bits per heavy atom. The van der Waals surface area contributed by atoms with Crippen LogP contribution in [0.2, 0.25) is 0 Å². The second-order valence-electron chi connectivity index (χ2n) is 6.93. The molecule has 0 radical (unpaired) electrons. The lowest BCUT2D eigenvalue weighted by Crippen LogP contribution is -2.28. The minimum Gasteiger partial charge on any atom is -0.393 e. The molecular formula is C20H31NO. The summed E-state index contributed by atoms with van der Waals surface area (Å²) in [4.78, 5) is 0. The molecule has 0 saturated carbocycles. The van der Waals surface area contributed by atoms with Crippen molar-refractivity contribution in [2.24, 2.45) is 11.1 Å². The SMILES string of the molecule is CC1=C(/C=C/C(C)=C/C=C/C(C)=C/CN)C(C)(C)CC(O)C1. The molecule has 2 nitrogen and oxygen atoms in total. The molecule has 1 aliphatic carbocycles. The monoisotopic (exact) mass is 301 g/mol. The molecule has 1 atom stereocenters. The van der Waals surface area contributed by atoms with E-state index in [1.807, 2.05) is 13.0 Å². The van der Waals surface area contributed by atoms with Gasteiger partial charge in [0.15, 0.2) is 0 Å². The molecule has 0 heterocycles. The smallest absolute Gasteiger partial charge is 0.0585 e. The van der Waals surface area contributed by atoms with Crippen LogP contribution in [0.3, 0.4) is 0 Å². The Balaban J connectivity index is 2.82. The summed E-state index contributed by atoms with van der Waals surface area (Å²) in [6.07, 6.45) is 14.0. The van der Waals surface area contributed by atoms with Crippen molar-refractivity contribution in [3.63, 3.8) is 0 Å². The third-order valence-corrected chi connectivity index (χ3v) is 4.15. The van der Waals surface area contributed by atoms with Gasteiger partial charge in [0.1, 0.15) is 0 Å². The largest absolute Gasteiger partial charge is 0.393 e.